The maximum absolute atomic E-state index is 5.97. The molecular formula is C28H19N7OS. The van der Waals surface area contributed by atoms with Crippen LogP contribution in [0.25, 0.3) is 55.4 Å². The molecule has 8 nitrogen and oxygen atoms in total. The number of H-pyrrole nitrogens is 2. The van der Waals surface area contributed by atoms with Crippen LogP contribution in [-0.2, 0) is 6.61 Å². The molecule has 0 unspecified atom stereocenters. The van der Waals surface area contributed by atoms with E-state index in [4.69, 9.17) is 14.7 Å². The minimum absolute atomic E-state index is 0.470. The Bertz CT molecular complexity index is 1840. The summed E-state index contributed by atoms with van der Waals surface area (Å²) in [5.41, 5.74) is 7.43. The van der Waals surface area contributed by atoms with E-state index >= 15 is 0 Å². The molecule has 0 radical (unpaired) electrons. The number of benzene rings is 1. The zero-order valence-corrected chi connectivity index (χ0v) is 20.2. The molecule has 0 spiro atoms. The second-order valence-corrected chi connectivity index (χ2v) is 9.41. The summed E-state index contributed by atoms with van der Waals surface area (Å²) in [4.78, 5) is 23.1. The van der Waals surface area contributed by atoms with Gasteiger partial charge in [-0.25, -0.2) is 15.0 Å². The normalized spacial score (nSPS) is 11.4. The molecule has 0 aliphatic rings. The summed E-state index contributed by atoms with van der Waals surface area (Å²) in [6.45, 7) is 0.470. The van der Waals surface area contributed by atoms with E-state index < -0.39 is 0 Å². The van der Waals surface area contributed by atoms with Gasteiger partial charge in [0.25, 0.3) is 0 Å². The molecule has 178 valence electrons. The van der Waals surface area contributed by atoms with Crippen molar-refractivity contribution in [1.82, 2.24) is 35.1 Å². The maximum atomic E-state index is 5.97. The molecule has 0 atom stereocenters. The van der Waals surface area contributed by atoms with Crippen molar-refractivity contribution in [1.29, 1.82) is 0 Å². The number of pyridine rings is 3. The summed E-state index contributed by atoms with van der Waals surface area (Å²) in [5, 5.41) is 9.65. The van der Waals surface area contributed by atoms with Gasteiger partial charge in [-0.05, 0) is 41.3 Å². The van der Waals surface area contributed by atoms with Gasteiger partial charge in [0.1, 0.15) is 23.4 Å². The Morgan fingerprint density at radius 3 is 2.73 bits per heavy atom. The average Bonchev–Trinajstić information content (AvgIpc) is 3.71. The summed E-state index contributed by atoms with van der Waals surface area (Å²) in [5.74, 6) is 1.29. The highest BCUT2D eigenvalue weighted by Crippen LogP contribution is 2.33. The first kappa shape index (κ1) is 21.4. The quantitative estimate of drug-likeness (QED) is 0.278. The Balaban J connectivity index is 1.24. The third-order valence-corrected chi connectivity index (χ3v) is 6.96. The molecule has 0 saturated carbocycles. The van der Waals surface area contributed by atoms with Crippen molar-refractivity contribution < 1.29 is 4.74 Å². The van der Waals surface area contributed by atoms with E-state index in [1.54, 1.807) is 29.9 Å². The molecule has 0 fully saturated rings. The number of aromatic amines is 2. The van der Waals surface area contributed by atoms with Gasteiger partial charge < -0.3 is 9.72 Å². The van der Waals surface area contributed by atoms with Gasteiger partial charge in [-0.3, -0.25) is 10.1 Å². The second-order valence-electron chi connectivity index (χ2n) is 8.47. The van der Waals surface area contributed by atoms with Gasteiger partial charge in [0.05, 0.1) is 17.4 Å². The van der Waals surface area contributed by atoms with E-state index in [0.29, 0.717) is 35.0 Å². The van der Waals surface area contributed by atoms with Crippen LogP contribution in [0.2, 0.25) is 0 Å². The van der Waals surface area contributed by atoms with Gasteiger partial charge in [-0.1, -0.05) is 36.4 Å². The fraction of sp³-hybridized carbons (Fsp3) is 0.0357. The zero-order chi connectivity index (χ0) is 24.6. The number of hydrogen-bond acceptors (Lipinski definition) is 7. The number of imidazole rings is 1. The van der Waals surface area contributed by atoms with Crippen LogP contribution in [0.15, 0.2) is 90.7 Å². The highest BCUT2D eigenvalue weighted by molar-refractivity contribution is 7.13. The lowest BCUT2D eigenvalue weighted by Gasteiger charge is -2.08. The molecular weight excluding hydrogens is 482 g/mol. The van der Waals surface area contributed by atoms with Gasteiger partial charge in [0, 0.05) is 28.4 Å². The van der Waals surface area contributed by atoms with Crippen molar-refractivity contribution in [3.8, 4) is 39.0 Å². The topological polar surface area (TPSA) is 105 Å². The van der Waals surface area contributed by atoms with E-state index in [9.17, 15) is 0 Å². The van der Waals surface area contributed by atoms with Crippen LogP contribution in [0, 0.1) is 0 Å². The van der Waals surface area contributed by atoms with E-state index in [1.165, 1.54) is 0 Å². The van der Waals surface area contributed by atoms with Crippen LogP contribution in [0.3, 0.4) is 0 Å². The second kappa shape index (κ2) is 8.96. The van der Waals surface area contributed by atoms with Crippen molar-refractivity contribution in [2.75, 3.05) is 0 Å². The summed E-state index contributed by atoms with van der Waals surface area (Å²) in [6.07, 6.45) is 5.28. The van der Waals surface area contributed by atoms with E-state index in [2.05, 4.69) is 36.6 Å². The number of nitrogens with zero attached hydrogens (tertiary/aromatic N) is 5. The Morgan fingerprint density at radius 1 is 0.892 bits per heavy atom. The number of thiophene rings is 1. The minimum Gasteiger partial charge on any atom is -0.487 e. The molecule has 0 aliphatic carbocycles. The van der Waals surface area contributed by atoms with Gasteiger partial charge in [-0.2, -0.15) is 5.10 Å². The number of nitrogens with one attached hydrogen (secondary N) is 2. The number of aromatic nitrogens is 7. The number of ether oxygens (including phenoxy) is 1. The third-order valence-electron chi connectivity index (χ3n) is 6.06. The first-order valence-electron chi connectivity index (χ1n) is 11.7. The van der Waals surface area contributed by atoms with Crippen LogP contribution < -0.4 is 4.74 Å². The van der Waals surface area contributed by atoms with Crippen LogP contribution >= 0.6 is 11.3 Å². The largest absolute Gasteiger partial charge is 0.487 e. The fourth-order valence-electron chi connectivity index (χ4n) is 4.26. The number of hydrogen-bond donors (Lipinski definition) is 2. The molecule has 0 aliphatic heterocycles. The van der Waals surface area contributed by atoms with Gasteiger partial charge in [0.2, 0.25) is 0 Å². The lowest BCUT2D eigenvalue weighted by molar-refractivity contribution is 0.305. The third kappa shape index (κ3) is 4.01. The highest BCUT2D eigenvalue weighted by Gasteiger charge is 2.18. The van der Waals surface area contributed by atoms with Gasteiger partial charge in [0.15, 0.2) is 17.2 Å². The Labute approximate surface area is 215 Å². The first-order valence-corrected chi connectivity index (χ1v) is 12.6. The molecule has 0 amide bonds. The number of fused-ring (bicyclic) bond motifs is 2. The Morgan fingerprint density at radius 2 is 1.84 bits per heavy atom. The lowest BCUT2D eigenvalue weighted by atomic mass is 10.1. The molecule has 2 N–H and O–H groups in total. The van der Waals surface area contributed by atoms with Gasteiger partial charge >= 0.3 is 0 Å². The smallest absolute Gasteiger partial charge is 0.162 e. The standard InChI is InChI=1S/C28H19N7OS/c1-2-5-17(6-3-1)16-36-19-13-18(14-29-15-19)21-8-9-22-25(31-21)26(35-34-22)28-32-24-20(23-7-4-12-37-23)10-11-30-27(24)33-28/h1-15H,16H2,(H,34,35)(H,30,32,33). The number of rotatable bonds is 6. The summed E-state index contributed by atoms with van der Waals surface area (Å²) in [6, 6.07) is 22.0. The van der Waals surface area contributed by atoms with Crippen molar-refractivity contribution in [3.63, 3.8) is 0 Å². The zero-order valence-electron chi connectivity index (χ0n) is 19.4. The maximum Gasteiger partial charge on any atom is 0.162 e. The van der Waals surface area contributed by atoms with Crippen LogP contribution in [0.1, 0.15) is 5.56 Å². The Kier molecular flexibility index (Phi) is 5.18. The molecule has 9 heteroatoms. The first-order chi connectivity index (χ1) is 18.3. The van der Waals surface area contributed by atoms with Crippen molar-refractivity contribution >= 4 is 33.5 Å². The van der Waals surface area contributed by atoms with Crippen LogP contribution in [-0.4, -0.2) is 35.1 Å². The summed E-state index contributed by atoms with van der Waals surface area (Å²) in [7, 11) is 0. The van der Waals surface area contributed by atoms with E-state index in [0.717, 1.165) is 38.3 Å². The average molecular weight is 502 g/mol. The fourth-order valence-corrected chi connectivity index (χ4v) is 5.01. The monoisotopic (exact) mass is 501 g/mol. The lowest BCUT2D eigenvalue weighted by Crippen LogP contribution is -1.96. The molecule has 6 aromatic heterocycles. The molecule has 0 bridgehead atoms. The molecule has 6 heterocycles. The Hall–Kier alpha value is -4.89. The van der Waals surface area contributed by atoms with Crippen LogP contribution in [0.5, 0.6) is 5.75 Å². The van der Waals surface area contributed by atoms with Crippen LogP contribution in [0.4, 0.5) is 0 Å². The highest BCUT2D eigenvalue weighted by atomic mass is 32.1. The van der Waals surface area contributed by atoms with Gasteiger partial charge in [-0.15, -0.1) is 11.3 Å². The van der Waals surface area contributed by atoms with E-state index in [-0.39, 0.29) is 0 Å². The predicted molar refractivity (Wildman–Crippen MR) is 144 cm³/mol. The summed E-state index contributed by atoms with van der Waals surface area (Å²) >= 11 is 1.67. The molecule has 7 rings (SSSR count). The predicted octanol–water partition coefficient (Wildman–Crippen LogP) is 6.27. The van der Waals surface area contributed by atoms with E-state index in [1.807, 2.05) is 60.7 Å². The van der Waals surface area contributed by atoms with Crippen molar-refractivity contribution in [3.05, 3.63) is 96.3 Å². The minimum atomic E-state index is 0.470. The van der Waals surface area contributed by atoms with Crippen molar-refractivity contribution in [2.24, 2.45) is 0 Å². The van der Waals surface area contributed by atoms with Crippen molar-refractivity contribution in [2.45, 2.75) is 6.61 Å². The SMILES string of the molecule is c1ccc(COc2cncc(-c3ccc4[nH]nc(-c5nc6c(-c7cccs7)ccnc6[nH]5)c4n3)c2)cc1. The molecule has 7 aromatic rings. The molecule has 37 heavy (non-hydrogen) atoms. The molecule has 1 aromatic carbocycles. The molecule has 0 saturated heterocycles. The summed E-state index contributed by atoms with van der Waals surface area (Å²) < 4.78 is 5.97.